The number of hydrogen-bond donors (Lipinski definition) is 1. The van der Waals surface area contributed by atoms with Gasteiger partial charge in [-0.3, -0.25) is 4.79 Å². The Bertz CT molecular complexity index is 1130. The summed E-state index contributed by atoms with van der Waals surface area (Å²) in [6.07, 6.45) is 1.93. The zero-order valence-electron chi connectivity index (χ0n) is 17.2. The van der Waals surface area contributed by atoms with Gasteiger partial charge in [-0.25, -0.2) is 4.99 Å². The van der Waals surface area contributed by atoms with Crippen LogP contribution in [0.2, 0.25) is 0 Å². The first-order valence-electron chi connectivity index (χ1n) is 9.82. The maximum absolute atomic E-state index is 12.5. The summed E-state index contributed by atoms with van der Waals surface area (Å²) in [5.41, 5.74) is 5.12. The Morgan fingerprint density at radius 3 is 2.53 bits per heavy atom. The largest absolute Gasteiger partial charge is 0.494 e. The highest BCUT2D eigenvalue weighted by molar-refractivity contribution is 8.18. The number of rotatable bonds is 5. The second kappa shape index (κ2) is 8.63. The van der Waals surface area contributed by atoms with Crippen LogP contribution in [0, 0.1) is 13.8 Å². The molecule has 1 aliphatic heterocycles. The van der Waals surface area contributed by atoms with Gasteiger partial charge in [-0.2, -0.15) is 0 Å². The predicted octanol–water partition coefficient (Wildman–Crippen LogP) is 5.38. The third-order valence-corrected chi connectivity index (χ3v) is 5.71. The molecule has 1 N–H and O–H groups in total. The molecule has 0 bridgehead atoms. The molecule has 1 aliphatic rings. The standard InChI is InChI=1S/C24H23N3O2S/c1-4-29-21-12-10-19(11-13-21)25-24-26-23(28)22(30-24)15-18-14-16(2)27(17(18)3)20-8-6-5-7-9-20/h5-15H,4H2,1-3H3,(H,25,26,28)/b22-15+. The van der Waals surface area contributed by atoms with Crippen LogP contribution < -0.4 is 10.1 Å². The zero-order chi connectivity index (χ0) is 21.1. The maximum atomic E-state index is 12.5. The molecule has 152 valence electrons. The maximum Gasteiger partial charge on any atom is 0.264 e. The van der Waals surface area contributed by atoms with Crippen LogP contribution in [0.15, 0.2) is 70.6 Å². The third kappa shape index (κ3) is 4.19. The van der Waals surface area contributed by atoms with E-state index in [0.717, 1.165) is 34.1 Å². The quantitative estimate of drug-likeness (QED) is 0.567. The summed E-state index contributed by atoms with van der Waals surface area (Å²) in [5.74, 6) is 0.674. The number of aliphatic imine (C=N–C) groups is 1. The van der Waals surface area contributed by atoms with Gasteiger partial charge in [0.2, 0.25) is 0 Å². The van der Waals surface area contributed by atoms with Crippen molar-refractivity contribution in [1.29, 1.82) is 0 Å². The molecule has 0 aliphatic carbocycles. The van der Waals surface area contributed by atoms with Gasteiger partial charge in [0.1, 0.15) is 5.75 Å². The van der Waals surface area contributed by atoms with Gasteiger partial charge >= 0.3 is 0 Å². The minimum Gasteiger partial charge on any atom is -0.494 e. The number of thioether (sulfide) groups is 1. The van der Waals surface area contributed by atoms with E-state index in [2.05, 4.69) is 46.9 Å². The lowest BCUT2D eigenvalue weighted by atomic mass is 10.2. The first-order valence-corrected chi connectivity index (χ1v) is 10.6. The van der Waals surface area contributed by atoms with E-state index in [0.29, 0.717) is 16.7 Å². The molecule has 6 heteroatoms. The average Bonchev–Trinajstić information content (AvgIpc) is 3.22. The molecular weight excluding hydrogens is 394 g/mol. The first-order chi connectivity index (χ1) is 14.5. The van der Waals surface area contributed by atoms with Crippen LogP contribution in [0.25, 0.3) is 11.8 Å². The van der Waals surface area contributed by atoms with E-state index in [1.807, 2.05) is 55.5 Å². The Morgan fingerprint density at radius 1 is 1.10 bits per heavy atom. The Hall–Kier alpha value is -3.25. The van der Waals surface area contributed by atoms with Gasteiger partial charge in [0, 0.05) is 17.1 Å². The minimum absolute atomic E-state index is 0.130. The fourth-order valence-electron chi connectivity index (χ4n) is 3.43. The summed E-state index contributed by atoms with van der Waals surface area (Å²) in [7, 11) is 0. The highest BCUT2D eigenvalue weighted by atomic mass is 32.2. The summed E-state index contributed by atoms with van der Waals surface area (Å²) in [6.45, 7) is 6.71. The van der Waals surface area contributed by atoms with Crippen molar-refractivity contribution >= 4 is 34.6 Å². The molecule has 30 heavy (non-hydrogen) atoms. The molecule has 1 aromatic heterocycles. The van der Waals surface area contributed by atoms with E-state index in [1.54, 1.807) is 0 Å². The molecule has 0 unspecified atom stereocenters. The molecule has 0 spiro atoms. The SMILES string of the molecule is CCOc1ccc(N=C2NC(=O)/C(=C\c3cc(C)n(-c4ccccc4)c3C)S2)cc1. The van der Waals surface area contributed by atoms with Crippen LogP contribution in [-0.2, 0) is 4.79 Å². The lowest BCUT2D eigenvalue weighted by Crippen LogP contribution is -2.19. The van der Waals surface area contributed by atoms with E-state index in [1.165, 1.54) is 11.8 Å². The monoisotopic (exact) mass is 417 g/mol. The second-order valence-corrected chi connectivity index (χ2v) is 7.94. The average molecular weight is 418 g/mol. The molecule has 3 aromatic rings. The number of carbonyl (C=O) groups is 1. The van der Waals surface area contributed by atoms with Crippen LogP contribution in [0.5, 0.6) is 5.75 Å². The van der Waals surface area contributed by atoms with E-state index in [9.17, 15) is 4.79 Å². The van der Waals surface area contributed by atoms with E-state index >= 15 is 0 Å². The van der Waals surface area contributed by atoms with Crippen molar-refractivity contribution < 1.29 is 9.53 Å². The molecule has 0 radical (unpaired) electrons. The number of hydrogen-bond acceptors (Lipinski definition) is 4. The number of para-hydroxylation sites is 1. The van der Waals surface area contributed by atoms with Gasteiger partial charge in [0.15, 0.2) is 5.17 Å². The van der Waals surface area contributed by atoms with Crippen molar-refractivity contribution in [2.24, 2.45) is 4.99 Å². The highest BCUT2D eigenvalue weighted by Gasteiger charge is 2.24. The van der Waals surface area contributed by atoms with Crippen LogP contribution in [-0.4, -0.2) is 22.2 Å². The molecule has 5 nitrogen and oxygen atoms in total. The number of nitrogens with one attached hydrogen (secondary N) is 1. The van der Waals surface area contributed by atoms with Crippen LogP contribution >= 0.6 is 11.8 Å². The number of amidine groups is 1. The van der Waals surface area contributed by atoms with E-state index < -0.39 is 0 Å². The number of ether oxygens (including phenoxy) is 1. The summed E-state index contributed by atoms with van der Waals surface area (Å²) >= 11 is 1.35. The van der Waals surface area contributed by atoms with Gasteiger partial charge in [0.05, 0.1) is 17.2 Å². The molecule has 0 saturated carbocycles. The van der Waals surface area contributed by atoms with Crippen molar-refractivity contribution in [3.63, 3.8) is 0 Å². The summed E-state index contributed by atoms with van der Waals surface area (Å²) in [5, 5.41) is 3.43. The van der Waals surface area contributed by atoms with Gasteiger partial charge in [0.25, 0.3) is 5.91 Å². The normalized spacial score (nSPS) is 16.3. The van der Waals surface area contributed by atoms with Crippen molar-refractivity contribution in [2.45, 2.75) is 20.8 Å². The number of amides is 1. The molecular formula is C24H23N3O2S. The second-order valence-electron chi connectivity index (χ2n) is 6.91. The van der Waals surface area contributed by atoms with Crippen molar-refractivity contribution in [1.82, 2.24) is 9.88 Å². The Kier molecular flexibility index (Phi) is 5.77. The fourth-order valence-corrected chi connectivity index (χ4v) is 4.26. The van der Waals surface area contributed by atoms with Crippen molar-refractivity contribution in [3.05, 3.63) is 82.5 Å². The number of benzene rings is 2. The molecule has 1 amide bonds. The molecule has 0 atom stereocenters. The van der Waals surface area contributed by atoms with Gasteiger partial charge in [-0.05, 0) is 86.6 Å². The lowest BCUT2D eigenvalue weighted by Gasteiger charge is -2.09. The third-order valence-electron chi connectivity index (χ3n) is 4.80. The molecule has 1 saturated heterocycles. The van der Waals surface area contributed by atoms with Crippen molar-refractivity contribution in [2.75, 3.05) is 6.61 Å². The van der Waals surface area contributed by atoms with Gasteiger partial charge in [-0.15, -0.1) is 0 Å². The molecule has 2 heterocycles. The summed E-state index contributed by atoms with van der Waals surface area (Å²) in [4.78, 5) is 17.7. The fraction of sp³-hybridized carbons (Fsp3) is 0.167. The predicted molar refractivity (Wildman–Crippen MR) is 124 cm³/mol. The smallest absolute Gasteiger partial charge is 0.264 e. The van der Waals surface area contributed by atoms with Crippen LogP contribution in [0.4, 0.5) is 5.69 Å². The molecule has 1 fully saturated rings. The van der Waals surface area contributed by atoms with Crippen LogP contribution in [0.1, 0.15) is 23.9 Å². The van der Waals surface area contributed by atoms with Crippen molar-refractivity contribution in [3.8, 4) is 11.4 Å². The topological polar surface area (TPSA) is 55.6 Å². The number of aromatic nitrogens is 1. The van der Waals surface area contributed by atoms with E-state index in [4.69, 9.17) is 4.74 Å². The Balaban J connectivity index is 1.57. The zero-order valence-corrected chi connectivity index (χ0v) is 18.0. The van der Waals surface area contributed by atoms with Gasteiger partial charge < -0.3 is 14.6 Å². The van der Waals surface area contributed by atoms with E-state index in [-0.39, 0.29) is 5.91 Å². The summed E-state index contributed by atoms with van der Waals surface area (Å²) < 4.78 is 7.64. The summed E-state index contributed by atoms with van der Waals surface area (Å²) in [6, 6.07) is 19.8. The lowest BCUT2D eigenvalue weighted by molar-refractivity contribution is -0.115. The Labute approximate surface area is 180 Å². The number of nitrogens with zero attached hydrogens (tertiary/aromatic N) is 2. The first kappa shape index (κ1) is 20.0. The molecule has 4 rings (SSSR count). The Morgan fingerprint density at radius 2 is 1.83 bits per heavy atom. The minimum atomic E-state index is -0.130. The highest BCUT2D eigenvalue weighted by Crippen LogP contribution is 2.30. The van der Waals surface area contributed by atoms with Gasteiger partial charge in [-0.1, -0.05) is 18.2 Å². The van der Waals surface area contributed by atoms with Crippen LogP contribution in [0.3, 0.4) is 0 Å². The number of carbonyl (C=O) groups excluding carboxylic acids is 1. The molecule has 2 aromatic carbocycles. The number of aryl methyl sites for hydroxylation is 1.